The maximum absolute atomic E-state index is 12.7. The summed E-state index contributed by atoms with van der Waals surface area (Å²) in [4.78, 5) is 24.8. The third kappa shape index (κ3) is 3.91. The minimum Gasteiger partial charge on any atom is -0.461 e. The van der Waals surface area contributed by atoms with Gasteiger partial charge in [-0.05, 0) is 38.7 Å². The fourth-order valence-electron chi connectivity index (χ4n) is 2.75. The largest absolute Gasteiger partial charge is 0.461 e. The number of carbonyl (C=O) groups excluding carboxylic acids is 1. The van der Waals surface area contributed by atoms with Crippen molar-refractivity contribution >= 4 is 11.5 Å². The lowest BCUT2D eigenvalue weighted by Gasteiger charge is -2.12. The summed E-state index contributed by atoms with van der Waals surface area (Å²) in [6, 6.07) is 1.85. The van der Waals surface area contributed by atoms with Gasteiger partial charge in [0, 0.05) is 12.3 Å². The van der Waals surface area contributed by atoms with Crippen LogP contribution in [0.5, 0.6) is 0 Å². The van der Waals surface area contributed by atoms with Crippen molar-refractivity contribution in [2.45, 2.75) is 77.9 Å². The van der Waals surface area contributed by atoms with Crippen LogP contribution in [0.15, 0.2) is 10.9 Å². The number of ether oxygens (including phenoxy) is 1. The maximum atomic E-state index is 12.7. The molecule has 1 fully saturated rings. The van der Waals surface area contributed by atoms with Gasteiger partial charge in [0.2, 0.25) is 0 Å². The van der Waals surface area contributed by atoms with Gasteiger partial charge in [0.1, 0.15) is 12.1 Å². The van der Waals surface area contributed by atoms with Gasteiger partial charge in [-0.3, -0.25) is 9.59 Å². The minimum atomic E-state index is -0.434. The molecule has 136 valence electrons. The second kappa shape index (κ2) is 7.37. The Balaban J connectivity index is 1.95. The van der Waals surface area contributed by atoms with Gasteiger partial charge in [-0.2, -0.15) is 10.2 Å². The monoisotopic (exact) mass is 346 g/mol. The molecule has 0 saturated heterocycles. The standard InChI is InChI=1S/C18H26N4O3/c1-4-6-7-16-20-21(11-17(23)25-12(3)5-2)18(24)15-10-14(13-8-9-13)19-22(15)16/h10,12-13H,4-9,11H2,1-3H3. The van der Waals surface area contributed by atoms with Crippen LogP contribution in [0.2, 0.25) is 0 Å². The summed E-state index contributed by atoms with van der Waals surface area (Å²) in [6.07, 6.45) is 5.52. The van der Waals surface area contributed by atoms with Crippen LogP contribution in [-0.2, 0) is 22.5 Å². The highest BCUT2D eigenvalue weighted by atomic mass is 16.5. The Hall–Kier alpha value is -2.18. The molecule has 1 atom stereocenters. The molecule has 25 heavy (non-hydrogen) atoms. The van der Waals surface area contributed by atoms with E-state index in [9.17, 15) is 9.59 Å². The molecule has 7 heteroatoms. The quantitative estimate of drug-likeness (QED) is 0.686. The number of aromatic nitrogens is 4. The fourth-order valence-corrected chi connectivity index (χ4v) is 2.75. The zero-order valence-electron chi connectivity index (χ0n) is 15.2. The molecule has 1 aliphatic carbocycles. The van der Waals surface area contributed by atoms with E-state index in [-0.39, 0.29) is 18.2 Å². The van der Waals surface area contributed by atoms with Crippen LogP contribution in [0, 0.1) is 0 Å². The number of esters is 1. The summed E-state index contributed by atoms with van der Waals surface area (Å²) >= 11 is 0. The smallest absolute Gasteiger partial charge is 0.328 e. The van der Waals surface area contributed by atoms with Crippen LogP contribution in [0.25, 0.3) is 5.52 Å². The van der Waals surface area contributed by atoms with Crippen molar-refractivity contribution in [3.63, 3.8) is 0 Å². The van der Waals surface area contributed by atoms with Gasteiger partial charge in [0.25, 0.3) is 5.56 Å². The number of hydrogen-bond donors (Lipinski definition) is 0. The van der Waals surface area contributed by atoms with Crippen molar-refractivity contribution in [2.24, 2.45) is 0 Å². The van der Waals surface area contributed by atoms with E-state index in [0.29, 0.717) is 11.4 Å². The van der Waals surface area contributed by atoms with Gasteiger partial charge in [0.05, 0.1) is 11.8 Å². The lowest BCUT2D eigenvalue weighted by molar-refractivity contribution is -0.149. The number of carbonyl (C=O) groups is 1. The van der Waals surface area contributed by atoms with Gasteiger partial charge in [-0.25, -0.2) is 9.20 Å². The zero-order valence-corrected chi connectivity index (χ0v) is 15.2. The van der Waals surface area contributed by atoms with Crippen molar-refractivity contribution in [3.05, 3.63) is 27.9 Å². The van der Waals surface area contributed by atoms with Crippen LogP contribution in [0.3, 0.4) is 0 Å². The highest BCUT2D eigenvalue weighted by molar-refractivity contribution is 5.69. The number of fused-ring (bicyclic) bond motifs is 1. The Morgan fingerprint density at radius 2 is 2.12 bits per heavy atom. The third-order valence-corrected chi connectivity index (χ3v) is 4.60. The van der Waals surface area contributed by atoms with Crippen molar-refractivity contribution in [1.29, 1.82) is 0 Å². The molecule has 1 unspecified atom stereocenters. The summed E-state index contributed by atoms with van der Waals surface area (Å²) in [5, 5.41) is 9.00. The molecular formula is C18H26N4O3. The molecular weight excluding hydrogens is 320 g/mol. The molecule has 0 bridgehead atoms. The highest BCUT2D eigenvalue weighted by Gasteiger charge is 2.28. The Morgan fingerprint density at radius 1 is 1.36 bits per heavy atom. The van der Waals surface area contributed by atoms with E-state index in [4.69, 9.17) is 4.74 Å². The SMILES string of the molecule is CCCCc1nn(CC(=O)OC(C)CC)c(=O)c2cc(C3CC3)nn12. The predicted molar refractivity (Wildman–Crippen MR) is 93.7 cm³/mol. The topological polar surface area (TPSA) is 78.5 Å². The van der Waals surface area contributed by atoms with E-state index in [1.165, 1.54) is 4.68 Å². The molecule has 2 aromatic heterocycles. The Labute approximate surface area is 147 Å². The van der Waals surface area contributed by atoms with E-state index in [1.54, 1.807) is 4.52 Å². The second-order valence-corrected chi connectivity index (χ2v) is 6.83. The summed E-state index contributed by atoms with van der Waals surface area (Å²) in [6.45, 7) is 5.73. The lowest BCUT2D eigenvalue weighted by Crippen LogP contribution is -2.31. The second-order valence-electron chi connectivity index (χ2n) is 6.83. The number of nitrogens with zero attached hydrogens (tertiary/aromatic N) is 4. The molecule has 2 heterocycles. The van der Waals surface area contributed by atoms with Crippen molar-refractivity contribution in [1.82, 2.24) is 19.4 Å². The van der Waals surface area contributed by atoms with Gasteiger partial charge in [-0.1, -0.05) is 20.3 Å². The number of aryl methyl sites for hydroxylation is 1. The van der Waals surface area contributed by atoms with Crippen molar-refractivity contribution < 1.29 is 9.53 Å². The zero-order chi connectivity index (χ0) is 18.0. The first kappa shape index (κ1) is 17.6. The molecule has 2 aromatic rings. The molecule has 0 amide bonds. The summed E-state index contributed by atoms with van der Waals surface area (Å²) in [5.41, 5.74) is 1.16. The number of unbranched alkanes of at least 4 members (excludes halogenated alkanes) is 1. The first-order valence-electron chi connectivity index (χ1n) is 9.22. The molecule has 1 saturated carbocycles. The molecule has 0 aliphatic heterocycles. The van der Waals surface area contributed by atoms with Crippen LogP contribution in [0.4, 0.5) is 0 Å². The van der Waals surface area contributed by atoms with E-state index in [1.807, 2.05) is 19.9 Å². The van der Waals surface area contributed by atoms with Crippen LogP contribution in [-0.4, -0.2) is 31.5 Å². The van der Waals surface area contributed by atoms with E-state index in [2.05, 4.69) is 17.1 Å². The average molecular weight is 346 g/mol. The van der Waals surface area contributed by atoms with E-state index >= 15 is 0 Å². The Morgan fingerprint density at radius 3 is 2.76 bits per heavy atom. The van der Waals surface area contributed by atoms with Crippen LogP contribution < -0.4 is 5.56 Å². The third-order valence-electron chi connectivity index (χ3n) is 4.60. The van der Waals surface area contributed by atoms with Gasteiger partial charge in [-0.15, -0.1) is 0 Å². The van der Waals surface area contributed by atoms with Crippen molar-refractivity contribution in [3.8, 4) is 0 Å². The molecule has 0 spiro atoms. The molecule has 0 N–H and O–H groups in total. The number of rotatable bonds is 8. The van der Waals surface area contributed by atoms with Gasteiger partial charge >= 0.3 is 5.97 Å². The number of hydrogen-bond acceptors (Lipinski definition) is 5. The highest BCUT2D eigenvalue weighted by Crippen LogP contribution is 2.39. The maximum Gasteiger partial charge on any atom is 0.328 e. The normalized spacial score (nSPS) is 15.5. The van der Waals surface area contributed by atoms with E-state index in [0.717, 1.165) is 50.0 Å². The summed E-state index contributed by atoms with van der Waals surface area (Å²) < 4.78 is 8.18. The van der Waals surface area contributed by atoms with Crippen molar-refractivity contribution in [2.75, 3.05) is 0 Å². The molecule has 0 radical (unpaired) electrons. The fraction of sp³-hybridized carbons (Fsp3) is 0.667. The molecule has 0 aromatic carbocycles. The lowest BCUT2D eigenvalue weighted by atomic mass is 10.2. The molecule has 7 nitrogen and oxygen atoms in total. The van der Waals surface area contributed by atoms with E-state index < -0.39 is 5.97 Å². The summed E-state index contributed by atoms with van der Waals surface area (Å²) in [5.74, 6) is 0.749. The first-order chi connectivity index (χ1) is 12.0. The molecule has 3 rings (SSSR count). The Kier molecular flexibility index (Phi) is 5.20. The minimum absolute atomic E-state index is 0.164. The Bertz CT molecular complexity index is 820. The van der Waals surface area contributed by atoms with Gasteiger partial charge < -0.3 is 4.74 Å². The van der Waals surface area contributed by atoms with Crippen LogP contribution in [0.1, 0.15) is 70.3 Å². The predicted octanol–water partition coefficient (Wildman–Crippen LogP) is 2.45. The first-order valence-corrected chi connectivity index (χ1v) is 9.22. The average Bonchev–Trinajstić information content (AvgIpc) is 3.34. The van der Waals surface area contributed by atoms with Gasteiger partial charge in [0.15, 0.2) is 5.82 Å². The summed E-state index contributed by atoms with van der Waals surface area (Å²) in [7, 11) is 0. The molecule has 1 aliphatic rings. The van der Waals surface area contributed by atoms with Crippen LogP contribution >= 0.6 is 0 Å².